The van der Waals surface area contributed by atoms with Gasteiger partial charge < -0.3 is 9.84 Å². The number of nitrogens with zero attached hydrogens (tertiary/aromatic N) is 1. The highest BCUT2D eigenvalue weighted by Crippen LogP contribution is 2.31. The average molecular weight is 295 g/mol. The summed E-state index contributed by atoms with van der Waals surface area (Å²) in [6.07, 6.45) is 3.08. The minimum absolute atomic E-state index is 0.0675. The smallest absolute Gasteiger partial charge is 0.275 e. The SMILES string of the molecule is O=C(NC1CCC1)c1noc(-c2ccc(F)cc2)c1Cl. The zero-order chi connectivity index (χ0) is 14.1. The molecular formula is C14H12ClFN2O2. The van der Waals surface area contributed by atoms with Gasteiger partial charge in [-0.15, -0.1) is 0 Å². The summed E-state index contributed by atoms with van der Waals surface area (Å²) in [5, 5.41) is 6.70. The van der Waals surface area contributed by atoms with Gasteiger partial charge >= 0.3 is 0 Å². The van der Waals surface area contributed by atoms with Gasteiger partial charge in [0.15, 0.2) is 11.5 Å². The third-order valence-corrected chi connectivity index (χ3v) is 3.75. The standard InChI is InChI=1S/C14H12ClFN2O2/c15-11-12(14(19)17-10-2-1-3-10)18-20-13(11)8-4-6-9(16)7-5-8/h4-7,10H,1-3H2,(H,17,19). The summed E-state index contributed by atoms with van der Waals surface area (Å²) in [6.45, 7) is 0. The highest BCUT2D eigenvalue weighted by atomic mass is 35.5. The lowest BCUT2D eigenvalue weighted by molar-refractivity contribution is 0.0908. The average Bonchev–Trinajstić information content (AvgIpc) is 2.77. The van der Waals surface area contributed by atoms with Crippen LogP contribution < -0.4 is 5.32 Å². The molecule has 3 rings (SSSR count). The first-order chi connectivity index (χ1) is 9.65. The van der Waals surface area contributed by atoms with E-state index in [1.165, 1.54) is 24.3 Å². The number of aromatic nitrogens is 1. The monoisotopic (exact) mass is 294 g/mol. The number of benzene rings is 1. The predicted octanol–water partition coefficient (Wildman–Crippen LogP) is 3.42. The van der Waals surface area contributed by atoms with Gasteiger partial charge in [-0.2, -0.15) is 0 Å². The second kappa shape index (κ2) is 5.25. The lowest BCUT2D eigenvalue weighted by Gasteiger charge is -2.25. The number of carbonyl (C=O) groups is 1. The number of carbonyl (C=O) groups excluding carboxylic acids is 1. The number of halogens is 2. The Bertz CT molecular complexity index is 635. The molecule has 104 valence electrons. The highest BCUT2D eigenvalue weighted by molar-refractivity contribution is 6.35. The first-order valence-electron chi connectivity index (χ1n) is 6.37. The summed E-state index contributed by atoms with van der Waals surface area (Å²) in [6, 6.07) is 5.83. The third-order valence-electron chi connectivity index (χ3n) is 3.40. The van der Waals surface area contributed by atoms with E-state index in [4.69, 9.17) is 16.1 Å². The van der Waals surface area contributed by atoms with E-state index in [9.17, 15) is 9.18 Å². The van der Waals surface area contributed by atoms with Crippen LogP contribution in [0.15, 0.2) is 28.8 Å². The molecule has 1 N–H and O–H groups in total. The molecule has 4 nitrogen and oxygen atoms in total. The number of hydrogen-bond donors (Lipinski definition) is 1. The fourth-order valence-corrected chi connectivity index (χ4v) is 2.27. The maximum Gasteiger partial charge on any atom is 0.275 e. The summed E-state index contributed by atoms with van der Waals surface area (Å²) in [5.41, 5.74) is 0.643. The third kappa shape index (κ3) is 2.41. The van der Waals surface area contributed by atoms with E-state index in [1.54, 1.807) is 0 Å². The number of hydrogen-bond acceptors (Lipinski definition) is 3. The van der Waals surface area contributed by atoms with Crippen molar-refractivity contribution < 1.29 is 13.7 Å². The number of amides is 1. The van der Waals surface area contributed by atoms with Gasteiger partial charge in [0.2, 0.25) is 0 Å². The molecule has 1 aliphatic rings. The van der Waals surface area contributed by atoms with Crippen LogP contribution in [0.2, 0.25) is 5.02 Å². The largest absolute Gasteiger partial charge is 0.354 e. The van der Waals surface area contributed by atoms with E-state index < -0.39 is 0 Å². The molecule has 20 heavy (non-hydrogen) atoms. The van der Waals surface area contributed by atoms with Crippen molar-refractivity contribution in [1.82, 2.24) is 10.5 Å². The van der Waals surface area contributed by atoms with Gasteiger partial charge in [-0.05, 0) is 43.5 Å². The molecule has 1 heterocycles. The topological polar surface area (TPSA) is 55.1 Å². The minimum Gasteiger partial charge on any atom is -0.354 e. The van der Waals surface area contributed by atoms with E-state index >= 15 is 0 Å². The van der Waals surface area contributed by atoms with E-state index in [-0.39, 0.29) is 34.2 Å². The van der Waals surface area contributed by atoms with Crippen molar-refractivity contribution in [2.45, 2.75) is 25.3 Å². The summed E-state index contributed by atoms with van der Waals surface area (Å²) in [7, 11) is 0. The van der Waals surface area contributed by atoms with Crippen LogP contribution in [-0.2, 0) is 0 Å². The van der Waals surface area contributed by atoms with Gasteiger partial charge in [-0.25, -0.2) is 4.39 Å². The molecule has 0 radical (unpaired) electrons. The molecule has 6 heteroatoms. The van der Waals surface area contributed by atoms with Gasteiger partial charge in [0, 0.05) is 11.6 Å². The van der Waals surface area contributed by atoms with Crippen LogP contribution in [0.1, 0.15) is 29.8 Å². The Balaban J connectivity index is 1.84. The molecule has 0 bridgehead atoms. The maximum atomic E-state index is 12.9. The Hall–Kier alpha value is -1.88. The van der Waals surface area contributed by atoms with Crippen LogP contribution >= 0.6 is 11.6 Å². The van der Waals surface area contributed by atoms with Crippen LogP contribution in [0.4, 0.5) is 4.39 Å². The quantitative estimate of drug-likeness (QED) is 0.943. The molecule has 0 atom stereocenters. The zero-order valence-electron chi connectivity index (χ0n) is 10.5. The molecule has 1 aromatic carbocycles. The molecule has 1 aliphatic carbocycles. The Morgan fingerprint density at radius 3 is 2.65 bits per heavy atom. The first-order valence-corrected chi connectivity index (χ1v) is 6.75. The summed E-state index contributed by atoms with van der Waals surface area (Å²) < 4.78 is 18.0. The molecule has 1 aromatic heterocycles. The van der Waals surface area contributed by atoms with Crippen molar-refractivity contribution in [2.75, 3.05) is 0 Å². The van der Waals surface area contributed by atoms with Gasteiger partial charge in [-0.1, -0.05) is 16.8 Å². The van der Waals surface area contributed by atoms with Crippen molar-refractivity contribution >= 4 is 17.5 Å². The van der Waals surface area contributed by atoms with Gasteiger partial charge in [-0.3, -0.25) is 4.79 Å². The normalized spacial score (nSPS) is 14.9. The Labute approximate surface area is 119 Å². The van der Waals surface area contributed by atoms with Crippen LogP contribution in [0, 0.1) is 5.82 Å². The molecule has 0 unspecified atom stereocenters. The Morgan fingerprint density at radius 2 is 2.05 bits per heavy atom. The van der Waals surface area contributed by atoms with Crippen molar-refractivity contribution in [3.05, 3.63) is 40.8 Å². The lowest BCUT2D eigenvalue weighted by Crippen LogP contribution is -2.39. The van der Waals surface area contributed by atoms with Crippen LogP contribution in [-0.4, -0.2) is 17.1 Å². The molecule has 0 spiro atoms. The zero-order valence-corrected chi connectivity index (χ0v) is 11.3. The predicted molar refractivity (Wildman–Crippen MR) is 72.0 cm³/mol. The van der Waals surface area contributed by atoms with E-state index in [0.717, 1.165) is 19.3 Å². The molecule has 1 amide bonds. The molecule has 0 aliphatic heterocycles. The van der Waals surface area contributed by atoms with Crippen LogP contribution in [0.25, 0.3) is 11.3 Å². The van der Waals surface area contributed by atoms with E-state index in [1.807, 2.05) is 0 Å². The molecule has 0 saturated heterocycles. The fraction of sp³-hybridized carbons (Fsp3) is 0.286. The fourth-order valence-electron chi connectivity index (χ4n) is 2.01. The summed E-state index contributed by atoms with van der Waals surface area (Å²) in [4.78, 5) is 12.0. The highest BCUT2D eigenvalue weighted by Gasteiger charge is 2.25. The van der Waals surface area contributed by atoms with Gasteiger partial charge in [0.25, 0.3) is 5.91 Å². The summed E-state index contributed by atoms with van der Waals surface area (Å²) >= 11 is 6.13. The molecular weight excluding hydrogens is 283 g/mol. The van der Waals surface area contributed by atoms with Gasteiger partial charge in [0.05, 0.1) is 0 Å². The first kappa shape index (κ1) is 13.1. The van der Waals surface area contributed by atoms with Crippen LogP contribution in [0.5, 0.6) is 0 Å². The lowest BCUT2D eigenvalue weighted by atomic mass is 9.93. The van der Waals surface area contributed by atoms with Crippen molar-refractivity contribution in [2.24, 2.45) is 0 Å². The molecule has 2 aromatic rings. The van der Waals surface area contributed by atoms with Gasteiger partial charge in [0.1, 0.15) is 10.8 Å². The maximum absolute atomic E-state index is 12.9. The van der Waals surface area contributed by atoms with Crippen molar-refractivity contribution in [1.29, 1.82) is 0 Å². The second-order valence-corrected chi connectivity index (χ2v) is 5.16. The molecule has 1 fully saturated rings. The van der Waals surface area contributed by atoms with Crippen molar-refractivity contribution in [3.63, 3.8) is 0 Å². The van der Waals surface area contributed by atoms with Crippen LogP contribution in [0.3, 0.4) is 0 Å². The number of nitrogens with one attached hydrogen (secondary N) is 1. The minimum atomic E-state index is -0.354. The van der Waals surface area contributed by atoms with E-state index in [0.29, 0.717) is 5.56 Å². The van der Waals surface area contributed by atoms with E-state index in [2.05, 4.69) is 10.5 Å². The molecule has 1 saturated carbocycles. The Kier molecular flexibility index (Phi) is 3.44. The Morgan fingerprint density at radius 1 is 1.35 bits per heavy atom. The second-order valence-electron chi connectivity index (χ2n) is 4.78. The number of rotatable bonds is 3. The summed E-state index contributed by atoms with van der Waals surface area (Å²) in [5.74, 6) is -0.422. The van der Waals surface area contributed by atoms with Crippen molar-refractivity contribution in [3.8, 4) is 11.3 Å².